The zero-order valence-electron chi connectivity index (χ0n) is 8.67. The maximum atomic E-state index is 11.9. The third kappa shape index (κ3) is 2.53. The van der Waals surface area contributed by atoms with Crippen molar-refractivity contribution in [1.29, 1.82) is 0 Å². The van der Waals surface area contributed by atoms with Gasteiger partial charge >= 0.3 is 0 Å². The van der Waals surface area contributed by atoms with E-state index in [1.54, 1.807) is 35.9 Å². The van der Waals surface area contributed by atoms with Crippen LogP contribution in [0.2, 0.25) is 0 Å². The molecular formula is C12H12N2OS. The van der Waals surface area contributed by atoms with Gasteiger partial charge in [-0.1, -0.05) is 6.07 Å². The highest BCUT2D eigenvalue weighted by atomic mass is 32.1. The molecular weight excluding hydrogens is 220 g/mol. The van der Waals surface area contributed by atoms with E-state index in [0.717, 1.165) is 4.88 Å². The van der Waals surface area contributed by atoms with Gasteiger partial charge in [-0.05, 0) is 23.6 Å². The van der Waals surface area contributed by atoms with E-state index in [2.05, 4.69) is 4.98 Å². The number of Topliss-reactive ketones (excluding diaryl/α,β-unsaturated/α-hetero) is 1. The van der Waals surface area contributed by atoms with Crippen molar-refractivity contribution in [2.45, 2.75) is 12.5 Å². The molecule has 0 spiro atoms. The molecule has 4 heteroatoms. The Bertz CT molecular complexity index is 453. The second-order valence-corrected chi connectivity index (χ2v) is 4.53. The Labute approximate surface area is 97.9 Å². The molecule has 0 radical (unpaired) electrons. The summed E-state index contributed by atoms with van der Waals surface area (Å²) in [6, 6.07) is 6.94. The van der Waals surface area contributed by atoms with Crippen LogP contribution in [0.1, 0.15) is 15.2 Å². The molecule has 0 fully saturated rings. The molecule has 0 aliphatic carbocycles. The molecule has 1 atom stereocenters. The average molecular weight is 232 g/mol. The highest BCUT2D eigenvalue weighted by molar-refractivity contribution is 7.09. The first-order chi connectivity index (χ1) is 7.77. The molecule has 0 amide bonds. The Morgan fingerprint density at radius 1 is 1.44 bits per heavy atom. The lowest BCUT2D eigenvalue weighted by atomic mass is 10.0. The molecule has 2 aromatic rings. The van der Waals surface area contributed by atoms with Crippen molar-refractivity contribution in [3.63, 3.8) is 0 Å². The quantitative estimate of drug-likeness (QED) is 0.819. The lowest BCUT2D eigenvalue weighted by molar-refractivity contribution is 0.0961. The number of hydrogen-bond acceptors (Lipinski definition) is 4. The third-order valence-corrected chi connectivity index (χ3v) is 3.18. The summed E-state index contributed by atoms with van der Waals surface area (Å²) >= 11 is 1.62. The molecule has 82 valence electrons. The second kappa shape index (κ2) is 5.01. The molecule has 0 aliphatic rings. The Hall–Kier alpha value is -1.52. The number of aromatic nitrogens is 1. The molecule has 2 aromatic heterocycles. The third-order valence-electron chi connectivity index (χ3n) is 2.28. The lowest BCUT2D eigenvalue weighted by Crippen LogP contribution is -2.32. The molecule has 3 nitrogen and oxygen atoms in total. The van der Waals surface area contributed by atoms with Crippen molar-refractivity contribution in [3.05, 3.63) is 52.5 Å². The second-order valence-electron chi connectivity index (χ2n) is 3.50. The van der Waals surface area contributed by atoms with Crippen molar-refractivity contribution in [2.75, 3.05) is 0 Å². The normalized spacial score (nSPS) is 12.3. The van der Waals surface area contributed by atoms with Crippen LogP contribution in [0.25, 0.3) is 0 Å². The van der Waals surface area contributed by atoms with E-state index in [1.807, 2.05) is 17.5 Å². The maximum Gasteiger partial charge on any atom is 0.181 e. The number of carbonyl (C=O) groups excluding carboxylic acids is 1. The first-order valence-electron chi connectivity index (χ1n) is 4.99. The summed E-state index contributed by atoms with van der Waals surface area (Å²) in [4.78, 5) is 17.0. The van der Waals surface area contributed by atoms with Crippen molar-refractivity contribution in [1.82, 2.24) is 4.98 Å². The van der Waals surface area contributed by atoms with Crippen molar-refractivity contribution < 1.29 is 4.79 Å². The number of pyridine rings is 1. The van der Waals surface area contributed by atoms with Crippen LogP contribution in [0.4, 0.5) is 0 Å². The summed E-state index contributed by atoms with van der Waals surface area (Å²) in [6.45, 7) is 0. The van der Waals surface area contributed by atoms with Crippen LogP contribution < -0.4 is 5.73 Å². The van der Waals surface area contributed by atoms with Gasteiger partial charge < -0.3 is 5.73 Å². The fraction of sp³-hybridized carbons (Fsp3) is 0.167. The smallest absolute Gasteiger partial charge is 0.181 e. The summed E-state index contributed by atoms with van der Waals surface area (Å²) in [5.41, 5.74) is 6.45. The van der Waals surface area contributed by atoms with Crippen molar-refractivity contribution >= 4 is 17.1 Å². The highest BCUT2D eigenvalue weighted by Gasteiger charge is 2.16. The van der Waals surface area contributed by atoms with Crippen molar-refractivity contribution in [3.8, 4) is 0 Å². The van der Waals surface area contributed by atoms with Gasteiger partial charge in [0.2, 0.25) is 0 Å². The van der Waals surface area contributed by atoms with E-state index in [9.17, 15) is 4.79 Å². The zero-order chi connectivity index (χ0) is 11.4. The van der Waals surface area contributed by atoms with Crippen LogP contribution in [-0.4, -0.2) is 16.8 Å². The largest absolute Gasteiger partial charge is 0.321 e. The topological polar surface area (TPSA) is 56.0 Å². The Balaban J connectivity index is 2.05. The fourth-order valence-corrected chi connectivity index (χ4v) is 2.23. The zero-order valence-corrected chi connectivity index (χ0v) is 9.48. The first kappa shape index (κ1) is 11.0. The average Bonchev–Trinajstić information content (AvgIpc) is 2.82. The number of hydrogen-bond donors (Lipinski definition) is 1. The van der Waals surface area contributed by atoms with Crippen LogP contribution in [0, 0.1) is 0 Å². The number of nitrogens with zero attached hydrogens (tertiary/aromatic N) is 1. The Morgan fingerprint density at radius 2 is 2.31 bits per heavy atom. The number of ketones is 1. The van der Waals surface area contributed by atoms with Gasteiger partial charge in [-0.25, -0.2) is 0 Å². The summed E-state index contributed by atoms with van der Waals surface area (Å²) in [6.07, 6.45) is 3.78. The van der Waals surface area contributed by atoms with E-state index in [0.29, 0.717) is 12.0 Å². The fourth-order valence-electron chi connectivity index (χ4n) is 1.46. The molecule has 0 saturated heterocycles. The van der Waals surface area contributed by atoms with E-state index in [4.69, 9.17) is 5.73 Å². The van der Waals surface area contributed by atoms with Gasteiger partial charge in [0.1, 0.15) is 0 Å². The van der Waals surface area contributed by atoms with Gasteiger partial charge in [0.05, 0.1) is 6.04 Å². The van der Waals surface area contributed by atoms with Crippen LogP contribution >= 0.6 is 11.3 Å². The molecule has 1 unspecified atom stereocenters. The van der Waals surface area contributed by atoms with Gasteiger partial charge in [0, 0.05) is 29.3 Å². The molecule has 0 bridgehead atoms. The number of thiophene rings is 1. The van der Waals surface area contributed by atoms with Gasteiger partial charge in [-0.15, -0.1) is 11.3 Å². The number of carbonyl (C=O) groups is 1. The molecule has 0 aliphatic heterocycles. The molecule has 0 aromatic carbocycles. The minimum Gasteiger partial charge on any atom is -0.321 e. The molecule has 16 heavy (non-hydrogen) atoms. The van der Waals surface area contributed by atoms with Crippen molar-refractivity contribution in [2.24, 2.45) is 5.73 Å². The minimum atomic E-state index is -0.483. The molecule has 0 saturated carbocycles. The van der Waals surface area contributed by atoms with E-state index < -0.39 is 6.04 Å². The van der Waals surface area contributed by atoms with Gasteiger partial charge in [0.25, 0.3) is 0 Å². The van der Waals surface area contributed by atoms with Crippen LogP contribution in [0.3, 0.4) is 0 Å². The highest BCUT2D eigenvalue weighted by Crippen LogP contribution is 2.12. The maximum absolute atomic E-state index is 11.9. The predicted octanol–water partition coefficient (Wildman–Crippen LogP) is 1.90. The van der Waals surface area contributed by atoms with Gasteiger partial charge in [-0.3, -0.25) is 9.78 Å². The Kier molecular flexibility index (Phi) is 3.44. The molecule has 2 N–H and O–H groups in total. The molecule has 2 rings (SSSR count). The number of nitrogens with two attached hydrogens (primary N) is 1. The standard InChI is InChI=1S/C12H12N2OS/c13-11(7-10-4-2-6-16-10)12(15)9-3-1-5-14-8-9/h1-6,8,11H,7,13H2. The first-order valence-corrected chi connectivity index (χ1v) is 5.87. The summed E-state index contributed by atoms with van der Waals surface area (Å²) < 4.78 is 0. The van der Waals surface area contributed by atoms with Gasteiger partial charge in [0.15, 0.2) is 5.78 Å². The van der Waals surface area contributed by atoms with E-state index in [1.165, 1.54) is 0 Å². The van der Waals surface area contributed by atoms with Crippen LogP contribution in [0.15, 0.2) is 42.0 Å². The van der Waals surface area contributed by atoms with E-state index >= 15 is 0 Å². The summed E-state index contributed by atoms with van der Waals surface area (Å²) in [7, 11) is 0. The van der Waals surface area contributed by atoms with Crippen LogP contribution in [-0.2, 0) is 6.42 Å². The SMILES string of the molecule is NC(Cc1cccs1)C(=O)c1cccnc1. The minimum absolute atomic E-state index is 0.0542. The van der Waals surface area contributed by atoms with Crippen LogP contribution in [0.5, 0.6) is 0 Å². The van der Waals surface area contributed by atoms with Gasteiger partial charge in [-0.2, -0.15) is 0 Å². The lowest BCUT2D eigenvalue weighted by Gasteiger charge is -2.08. The van der Waals surface area contributed by atoms with E-state index in [-0.39, 0.29) is 5.78 Å². The molecule has 2 heterocycles. The monoisotopic (exact) mass is 232 g/mol. The summed E-state index contributed by atoms with van der Waals surface area (Å²) in [5.74, 6) is -0.0542. The Morgan fingerprint density at radius 3 is 2.94 bits per heavy atom. The predicted molar refractivity (Wildman–Crippen MR) is 64.6 cm³/mol. The number of rotatable bonds is 4. The summed E-state index contributed by atoms with van der Waals surface area (Å²) in [5, 5.41) is 1.98.